The van der Waals surface area contributed by atoms with Crippen LogP contribution in [0.5, 0.6) is 0 Å². The Labute approximate surface area is 73.5 Å². The molecular weight excluding hydrogens is 184 g/mol. The summed E-state index contributed by atoms with van der Waals surface area (Å²) in [5, 5.41) is 0. The van der Waals surface area contributed by atoms with Crippen LogP contribution >= 0.6 is 0 Å². The van der Waals surface area contributed by atoms with Gasteiger partial charge >= 0.3 is 5.97 Å². The van der Waals surface area contributed by atoms with Gasteiger partial charge in [0, 0.05) is 6.42 Å². The van der Waals surface area contributed by atoms with Crippen molar-refractivity contribution in [2.45, 2.75) is 19.8 Å². The summed E-state index contributed by atoms with van der Waals surface area (Å²) >= 11 is -2.49. The number of carbonyl (C=O) groups is 1. The number of ether oxygens (including phenoxy) is 1. The van der Waals surface area contributed by atoms with E-state index in [0.717, 1.165) is 0 Å². The van der Waals surface area contributed by atoms with Crippen molar-refractivity contribution in [2.75, 3.05) is 13.2 Å². The maximum absolute atomic E-state index is 10.7. The van der Waals surface area contributed by atoms with Gasteiger partial charge in [0.05, 0.1) is 24.6 Å². The number of hydrogen-bond donors (Lipinski definition) is 0. The van der Waals surface area contributed by atoms with Gasteiger partial charge in [-0.05, 0) is 13.3 Å². The van der Waals surface area contributed by atoms with Crippen molar-refractivity contribution in [1.29, 1.82) is 0 Å². The predicted octanol–water partition coefficient (Wildman–Crippen LogP) is 0.140. The normalized spacial score (nSPS) is 12.5. The minimum Gasteiger partial charge on any atom is -0.750 e. The van der Waals surface area contributed by atoms with Crippen LogP contribution in [0.1, 0.15) is 19.8 Å². The lowest BCUT2D eigenvalue weighted by atomic mass is 10.3. The number of carbonyl (C=O) groups excluding carboxylic acids is 1. The van der Waals surface area contributed by atoms with E-state index in [4.69, 9.17) is 0 Å². The summed E-state index contributed by atoms with van der Waals surface area (Å²) in [6, 6.07) is 0. The number of hydrogen-bond acceptors (Lipinski definition) is 5. The molecule has 0 aliphatic carbocycles. The fourth-order valence-electron chi connectivity index (χ4n) is 0.577. The first-order valence-electron chi connectivity index (χ1n) is 3.55. The minimum absolute atomic E-state index is 0.0227. The second-order valence-electron chi connectivity index (χ2n) is 1.93. The van der Waals surface area contributed by atoms with Crippen molar-refractivity contribution < 1.29 is 22.5 Å². The maximum Gasteiger partial charge on any atom is 0.305 e. The lowest BCUT2D eigenvalue weighted by Crippen LogP contribution is -2.06. The highest BCUT2D eigenvalue weighted by Crippen LogP contribution is 1.94. The van der Waals surface area contributed by atoms with Gasteiger partial charge in [-0.1, -0.05) is 0 Å². The van der Waals surface area contributed by atoms with Crippen LogP contribution in [0.2, 0.25) is 0 Å². The Balaban J connectivity index is 3.19. The molecule has 0 aromatic carbocycles. The zero-order valence-electron chi connectivity index (χ0n) is 6.78. The van der Waals surface area contributed by atoms with Gasteiger partial charge in [-0.25, -0.2) is 4.21 Å². The predicted molar refractivity (Wildman–Crippen MR) is 40.7 cm³/mol. The van der Waals surface area contributed by atoms with Crippen LogP contribution in [0, 0.1) is 0 Å². The molecule has 0 aromatic rings. The Morgan fingerprint density at radius 1 is 1.58 bits per heavy atom. The summed E-state index contributed by atoms with van der Waals surface area (Å²) in [5.41, 5.74) is 0. The molecule has 0 fully saturated rings. The van der Waals surface area contributed by atoms with Crippen LogP contribution in [0.15, 0.2) is 0 Å². The largest absolute Gasteiger partial charge is 0.750 e. The van der Waals surface area contributed by atoms with Gasteiger partial charge in [0.1, 0.15) is 0 Å². The molecular formula is C6H11O5S-. The third-order valence-electron chi connectivity index (χ3n) is 1.01. The average molecular weight is 195 g/mol. The highest BCUT2D eigenvalue weighted by Gasteiger charge is 2.00. The van der Waals surface area contributed by atoms with Gasteiger partial charge in [-0.2, -0.15) is 0 Å². The maximum atomic E-state index is 10.7. The summed E-state index contributed by atoms with van der Waals surface area (Å²) in [6.07, 6.45) is 0.540. The Hall–Kier alpha value is -0.460. The van der Waals surface area contributed by atoms with E-state index in [0.29, 0.717) is 13.0 Å². The van der Waals surface area contributed by atoms with Crippen LogP contribution in [0.4, 0.5) is 0 Å². The molecule has 0 aliphatic heterocycles. The second-order valence-corrected chi connectivity index (χ2v) is 2.58. The number of esters is 1. The molecule has 0 rings (SSSR count). The highest BCUT2D eigenvalue weighted by molar-refractivity contribution is 7.74. The van der Waals surface area contributed by atoms with Crippen LogP contribution in [0.3, 0.4) is 0 Å². The highest BCUT2D eigenvalue weighted by atomic mass is 32.2. The van der Waals surface area contributed by atoms with E-state index in [1.54, 1.807) is 6.92 Å². The topological polar surface area (TPSA) is 75.7 Å². The van der Waals surface area contributed by atoms with Crippen LogP contribution in [-0.2, 0) is 25.1 Å². The van der Waals surface area contributed by atoms with E-state index in [2.05, 4.69) is 8.92 Å². The third-order valence-corrected chi connectivity index (χ3v) is 1.37. The first-order valence-corrected chi connectivity index (χ1v) is 4.55. The molecule has 0 radical (unpaired) electrons. The average Bonchev–Trinajstić information content (AvgIpc) is 1.98. The van der Waals surface area contributed by atoms with E-state index in [1.165, 1.54) is 0 Å². The van der Waals surface area contributed by atoms with Gasteiger partial charge < -0.3 is 13.5 Å². The second kappa shape index (κ2) is 7.20. The lowest BCUT2D eigenvalue weighted by molar-refractivity contribution is -0.143. The molecule has 5 nitrogen and oxygen atoms in total. The summed E-state index contributed by atoms with van der Waals surface area (Å²) in [6.45, 7) is 2.07. The van der Waals surface area contributed by atoms with E-state index < -0.39 is 11.4 Å². The zero-order valence-corrected chi connectivity index (χ0v) is 7.59. The van der Waals surface area contributed by atoms with Crippen molar-refractivity contribution >= 4 is 17.3 Å². The minimum atomic E-state index is -2.49. The van der Waals surface area contributed by atoms with Crippen molar-refractivity contribution in [2.24, 2.45) is 0 Å². The Morgan fingerprint density at radius 3 is 2.75 bits per heavy atom. The fraction of sp³-hybridized carbons (Fsp3) is 0.833. The van der Waals surface area contributed by atoms with Gasteiger partial charge in [0.15, 0.2) is 0 Å². The molecule has 6 heteroatoms. The molecule has 12 heavy (non-hydrogen) atoms. The molecule has 72 valence electrons. The zero-order chi connectivity index (χ0) is 9.40. The van der Waals surface area contributed by atoms with Crippen LogP contribution in [-0.4, -0.2) is 27.9 Å². The van der Waals surface area contributed by atoms with E-state index in [1.807, 2.05) is 0 Å². The summed E-state index contributed by atoms with van der Waals surface area (Å²) in [4.78, 5) is 10.7. The quantitative estimate of drug-likeness (QED) is 0.342. The van der Waals surface area contributed by atoms with Crippen LogP contribution in [0.25, 0.3) is 0 Å². The Kier molecular flexibility index (Phi) is 6.93. The molecule has 0 amide bonds. The molecule has 1 atom stereocenters. The molecule has 0 aliphatic rings. The van der Waals surface area contributed by atoms with E-state index >= 15 is 0 Å². The molecule has 0 saturated heterocycles. The van der Waals surface area contributed by atoms with Crippen molar-refractivity contribution in [3.8, 4) is 0 Å². The SMILES string of the molecule is CCOC(=O)CCCOS(=O)[O-]. The first-order chi connectivity index (χ1) is 5.66. The van der Waals surface area contributed by atoms with Gasteiger partial charge in [-0.3, -0.25) is 4.79 Å². The van der Waals surface area contributed by atoms with E-state index in [9.17, 15) is 13.6 Å². The Bertz CT molecular complexity index is 158. The summed E-state index contributed by atoms with van der Waals surface area (Å²) < 4.78 is 28.4. The molecule has 0 spiro atoms. The third kappa shape index (κ3) is 7.64. The monoisotopic (exact) mass is 195 g/mol. The smallest absolute Gasteiger partial charge is 0.305 e. The first kappa shape index (κ1) is 11.5. The number of rotatable bonds is 6. The van der Waals surface area contributed by atoms with Crippen molar-refractivity contribution in [3.05, 3.63) is 0 Å². The van der Waals surface area contributed by atoms with Gasteiger partial charge in [0.25, 0.3) is 0 Å². The van der Waals surface area contributed by atoms with Crippen LogP contribution < -0.4 is 0 Å². The molecule has 1 unspecified atom stereocenters. The summed E-state index contributed by atoms with van der Waals surface area (Å²) in [5.74, 6) is -0.335. The molecule has 0 bridgehead atoms. The van der Waals surface area contributed by atoms with Gasteiger partial charge in [0.2, 0.25) is 0 Å². The lowest BCUT2D eigenvalue weighted by Gasteiger charge is -2.04. The van der Waals surface area contributed by atoms with Crippen molar-refractivity contribution in [3.63, 3.8) is 0 Å². The molecule has 0 heterocycles. The summed E-state index contributed by atoms with van der Waals surface area (Å²) in [7, 11) is 0. The standard InChI is InChI=1S/C6H12O5S/c1-2-10-6(7)4-3-5-11-12(8)9/h2-5H2,1H3,(H,8,9)/p-1. The molecule has 0 saturated carbocycles. The van der Waals surface area contributed by atoms with Crippen molar-refractivity contribution in [1.82, 2.24) is 0 Å². The van der Waals surface area contributed by atoms with Gasteiger partial charge in [-0.15, -0.1) is 0 Å². The molecule has 0 N–H and O–H groups in total. The molecule has 0 aromatic heterocycles. The fourth-order valence-corrected chi connectivity index (χ4v) is 0.831. The Morgan fingerprint density at radius 2 is 2.25 bits per heavy atom. The van der Waals surface area contributed by atoms with E-state index in [-0.39, 0.29) is 19.0 Å².